The number of thioether (sulfide) groups is 1. The Morgan fingerprint density at radius 3 is 2.62 bits per heavy atom. The van der Waals surface area contributed by atoms with E-state index < -0.39 is 10.0 Å². The van der Waals surface area contributed by atoms with Crippen molar-refractivity contribution >= 4 is 45.0 Å². The highest BCUT2D eigenvalue weighted by molar-refractivity contribution is 7.98. The van der Waals surface area contributed by atoms with Gasteiger partial charge in [0.1, 0.15) is 5.82 Å². The van der Waals surface area contributed by atoms with Crippen LogP contribution in [-0.4, -0.2) is 32.9 Å². The van der Waals surface area contributed by atoms with Gasteiger partial charge >= 0.3 is 0 Å². The summed E-state index contributed by atoms with van der Waals surface area (Å²) >= 11 is 7.51. The van der Waals surface area contributed by atoms with Gasteiger partial charge in [-0.2, -0.15) is 11.8 Å². The molecule has 0 unspecified atom stereocenters. The molecule has 0 saturated carbocycles. The first-order valence-corrected chi connectivity index (χ1v) is 11.1. The van der Waals surface area contributed by atoms with E-state index in [0.717, 1.165) is 6.26 Å². The molecule has 0 aliphatic carbocycles. The fraction of sp³-hybridized carbons (Fsp3) is 0.235. The van der Waals surface area contributed by atoms with Gasteiger partial charge in [0.25, 0.3) is 5.91 Å². The highest BCUT2D eigenvalue weighted by atomic mass is 35.5. The van der Waals surface area contributed by atoms with Crippen LogP contribution >= 0.6 is 23.4 Å². The van der Waals surface area contributed by atoms with Gasteiger partial charge in [-0.1, -0.05) is 29.8 Å². The number of hydrogen-bond donors (Lipinski definition) is 2. The Morgan fingerprint density at radius 1 is 1.23 bits per heavy atom. The molecule has 0 aliphatic heterocycles. The van der Waals surface area contributed by atoms with Crippen LogP contribution in [0.25, 0.3) is 0 Å². The van der Waals surface area contributed by atoms with Crippen LogP contribution in [0.15, 0.2) is 42.5 Å². The molecule has 0 spiro atoms. The van der Waals surface area contributed by atoms with E-state index in [9.17, 15) is 17.6 Å². The summed E-state index contributed by atoms with van der Waals surface area (Å²) < 4.78 is 38.2. The van der Waals surface area contributed by atoms with Crippen molar-refractivity contribution in [3.8, 4) is 0 Å². The topological polar surface area (TPSA) is 75.3 Å². The van der Waals surface area contributed by atoms with E-state index >= 15 is 0 Å². The molecule has 5 nitrogen and oxygen atoms in total. The Labute approximate surface area is 161 Å². The summed E-state index contributed by atoms with van der Waals surface area (Å²) in [4.78, 5) is 12.1. The summed E-state index contributed by atoms with van der Waals surface area (Å²) in [6.45, 7) is 0.416. The number of carbonyl (C=O) groups is 1. The molecule has 2 aromatic rings. The van der Waals surface area contributed by atoms with Gasteiger partial charge in [0.15, 0.2) is 0 Å². The summed E-state index contributed by atoms with van der Waals surface area (Å²) in [5.41, 5.74) is 1.17. The zero-order valence-corrected chi connectivity index (χ0v) is 16.3. The van der Waals surface area contributed by atoms with Crippen LogP contribution in [-0.2, 0) is 15.8 Å². The van der Waals surface area contributed by atoms with Gasteiger partial charge in [-0.3, -0.25) is 9.52 Å². The van der Waals surface area contributed by atoms with Crippen LogP contribution < -0.4 is 10.0 Å². The summed E-state index contributed by atoms with van der Waals surface area (Å²) in [5.74, 6) is 0.604. The van der Waals surface area contributed by atoms with E-state index in [1.807, 2.05) is 0 Å². The number of hydrogen-bond acceptors (Lipinski definition) is 4. The Morgan fingerprint density at radius 2 is 1.96 bits per heavy atom. The number of anilines is 1. The smallest absolute Gasteiger partial charge is 0.251 e. The van der Waals surface area contributed by atoms with Crippen molar-refractivity contribution in [3.63, 3.8) is 0 Å². The van der Waals surface area contributed by atoms with Crippen LogP contribution in [0.3, 0.4) is 0 Å². The monoisotopic (exact) mass is 416 g/mol. The molecule has 26 heavy (non-hydrogen) atoms. The van der Waals surface area contributed by atoms with Gasteiger partial charge in [0.05, 0.1) is 17.0 Å². The van der Waals surface area contributed by atoms with Crippen molar-refractivity contribution in [3.05, 3.63) is 64.4 Å². The minimum Gasteiger partial charge on any atom is -0.351 e. The third kappa shape index (κ3) is 6.51. The Balaban J connectivity index is 1.81. The van der Waals surface area contributed by atoms with E-state index in [2.05, 4.69) is 10.0 Å². The fourth-order valence-electron chi connectivity index (χ4n) is 2.08. The zero-order valence-electron chi connectivity index (χ0n) is 14.0. The van der Waals surface area contributed by atoms with Crippen LogP contribution in [0.1, 0.15) is 15.9 Å². The number of rotatable bonds is 8. The maximum atomic E-state index is 13.5. The van der Waals surface area contributed by atoms with Gasteiger partial charge in [-0.25, -0.2) is 12.8 Å². The van der Waals surface area contributed by atoms with Crippen LogP contribution in [0.2, 0.25) is 5.02 Å². The van der Waals surface area contributed by atoms with E-state index in [-0.39, 0.29) is 22.4 Å². The predicted molar refractivity (Wildman–Crippen MR) is 105 cm³/mol. The van der Waals surface area contributed by atoms with Crippen LogP contribution in [0.4, 0.5) is 10.1 Å². The largest absolute Gasteiger partial charge is 0.351 e. The molecule has 2 aromatic carbocycles. The highest BCUT2D eigenvalue weighted by Crippen LogP contribution is 2.24. The number of benzene rings is 2. The third-order valence-corrected chi connectivity index (χ3v) is 5.19. The summed E-state index contributed by atoms with van der Waals surface area (Å²) in [6.07, 6.45) is 1.02. The second kappa shape index (κ2) is 9.25. The third-order valence-electron chi connectivity index (χ3n) is 3.27. The summed E-state index contributed by atoms with van der Waals surface area (Å²) in [5, 5.41) is 2.88. The molecule has 2 rings (SSSR count). The lowest BCUT2D eigenvalue weighted by molar-refractivity contribution is 0.0956. The first-order valence-electron chi connectivity index (χ1n) is 7.63. The predicted octanol–water partition coefficient (Wildman–Crippen LogP) is 3.51. The normalized spacial score (nSPS) is 11.2. The van der Waals surface area contributed by atoms with Gasteiger partial charge in [-0.05, 0) is 29.8 Å². The highest BCUT2D eigenvalue weighted by Gasteiger charge is 2.11. The molecule has 0 aliphatic rings. The molecule has 1 amide bonds. The Bertz CT molecular complexity index is 891. The number of halogens is 2. The minimum atomic E-state index is -3.44. The van der Waals surface area contributed by atoms with Crippen LogP contribution in [0.5, 0.6) is 0 Å². The molecule has 0 heterocycles. The SMILES string of the molecule is CS(=O)(=O)Nc1ccc(C(=O)NCCSCc2ccccc2F)cc1Cl. The number of amides is 1. The lowest BCUT2D eigenvalue weighted by Crippen LogP contribution is -2.25. The second-order valence-electron chi connectivity index (χ2n) is 5.47. The van der Waals surface area contributed by atoms with Crippen molar-refractivity contribution in [1.29, 1.82) is 0 Å². The molecule has 0 aromatic heterocycles. The Kier molecular flexibility index (Phi) is 7.31. The molecular formula is C17H18ClFN2O3S2. The fourth-order valence-corrected chi connectivity index (χ4v) is 3.78. The average Bonchev–Trinajstić information content (AvgIpc) is 2.56. The number of carbonyl (C=O) groups excluding carboxylic acids is 1. The minimum absolute atomic E-state index is 0.136. The van der Waals surface area contributed by atoms with E-state index in [1.54, 1.807) is 18.2 Å². The number of nitrogens with one attached hydrogen (secondary N) is 2. The van der Waals surface area contributed by atoms with Crippen molar-refractivity contribution < 1.29 is 17.6 Å². The first kappa shape index (κ1) is 20.5. The van der Waals surface area contributed by atoms with Crippen LogP contribution in [0, 0.1) is 5.82 Å². The van der Waals surface area contributed by atoms with E-state index in [1.165, 1.54) is 36.0 Å². The molecule has 0 bridgehead atoms. The molecule has 0 fully saturated rings. The summed E-state index contributed by atoms with van der Waals surface area (Å²) in [7, 11) is -3.44. The van der Waals surface area contributed by atoms with Crippen molar-refractivity contribution in [2.45, 2.75) is 5.75 Å². The second-order valence-corrected chi connectivity index (χ2v) is 8.73. The van der Waals surface area contributed by atoms with Gasteiger partial charge in [0, 0.05) is 23.6 Å². The van der Waals surface area contributed by atoms with E-state index in [0.29, 0.717) is 29.2 Å². The molecule has 0 saturated heterocycles. The number of sulfonamides is 1. The quantitative estimate of drug-likeness (QED) is 0.645. The zero-order chi connectivity index (χ0) is 19.2. The van der Waals surface area contributed by atoms with Crippen molar-refractivity contribution in [1.82, 2.24) is 5.32 Å². The average molecular weight is 417 g/mol. The molecule has 9 heteroatoms. The lowest BCUT2D eigenvalue weighted by atomic mass is 10.2. The molecular weight excluding hydrogens is 399 g/mol. The molecule has 2 N–H and O–H groups in total. The van der Waals surface area contributed by atoms with E-state index in [4.69, 9.17) is 11.6 Å². The summed E-state index contributed by atoms with van der Waals surface area (Å²) in [6, 6.07) is 10.9. The standard InChI is InChI=1S/C17H18ClFN2O3S2/c1-26(23,24)21-16-7-6-12(10-14(16)18)17(22)20-8-9-25-11-13-4-2-3-5-15(13)19/h2-7,10,21H,8-9,11H2,1H3,(H,20,22). The molecule has 0 atom stereocenters. The van der Waals surface area contributed by atoms with Gasteiger partial charge in [0.2, 0.25) is 10.0 Å². The molecule has 140 valence electrons. The lowest BCUT2D eigenvalue weighted by Gasteiger charge is -2.09. The maximum Gasteiger partial charge on any atom is 0.251 e. The van der Waals surface area contributed by atoms with Gasteiger partial charge in [-0.15, -0.1) is 0 Å². The van der Waals surface area contributed by atoms with Gasteiger partial charge < -0.3 is 5.32 Å². The maximum absolute atomic E-state index is 13.5. The molecule has 0 radical (unpaired) electrons. The van der Waals surface area contributed by atoms with Crippen molar-refractivity contribution in [2.75, 3.05) is 23.3 Å². The Hall–Kier alpha value is -1.77. The first-order chi connectivity index (χ1) is 12.3. The van der Waals surface area contributed by atoms with Crippen molar-refractivity contribution in [2.24, 2.45) is 0 Å².